The second-order valence-corrected chi connectivity index (χ2v) is 7.26. The maximum absolute atomic E-state index is 12.2. The third-order valence-electron chi connectivity index (χ3n) is 4.37. The zero-order chi connectivity index (χ0) is 15.5. The maximum atomic E-state index is 12.2. The van der Waals surface area contributed by atoms with Crippen molar-refractivity contribution in [2.24, 2.45) is 5.41 Å². The molecule has 2 rings (SSSR count). The van der Waals surface area contributed by atoms with Gasteiger partial charge in [0.2, 0.25) is 11.8 Å². The number of carbonyl (C=O) groups excluding carboxylic acids is 2. The number of nitrogens with zero attached hydrogens (tertiary/aromatic N) is 3. The first kappa shape index (κ1) is 16.3. The zero-order valence-electron chi connectivity index (χ0n) is 13.7. The smallest absolute Gasteiger partial charge is 0.236 e. The van der Waals surface area contributed by atoms with Gasteiger partial charge in [-0.2, -0.15) is 0 Å². The predicted molar refractivity (Wildman–Crippen MR) is 82.9 cm³/mol. The first-order valence-electron chi connectivity index (χ1n) is 8.17. The number of hydrogen-bond donors (Lipinski definition) is 0. The van der Waals surface area contributed by atoms with Gasteiger partial charge in [-0.15, -0.1) is 0 Å². The number of amides is 2. The highest BCUT2D eigenvalue weighted by Crippen LogP contribution is 2.18. The van der Waals surface area contributed by atoms with Gasteiger partial charge in [-0.1, -0.05) is 20.8 Å². The van der Waals surface area contributed by atoms with Crippen LogP contribution in [0.2, 0.25) is 0 Å². The van der Waals surface area contributed by atoms with Crippen LogP contribution in [0, 0.1) is 5.41 Å². The summed E-state index contributed by atoms with van der Waals surface area (Å²) in [7, 11) is 0. The number of rotatable bonds is 2. The third kappa shape index (κ3) is 4.43. The summed E-state index contributed by atoms with van der Waals surface area (Å²) in [6.45, 7) is 11.3. The molecule has 0 radical (unpaired) electrons. The van der Waals surface area contributed by atoms with E-state index in [-0.39, 0.29) is 17.2 Å². The number of piperazine rings is 1. The second-order valence-electron chi connectivity index (χ2n) is 7.26. The molecule has 0 aliphatic carbocycles. The minimum Gasteiger partial charge on any atom is -0.342 e. The lowest BCUT2D eigenvalue weighted by atomic mass is 9.94. The van der Waals surface area contributed by atoms with Gasteiger partial charge < -0.3 is 9.80 Å². The van der Waals surface area contributed by atoms with Crippen LogP contribution in [-0.2, 0) is 9.59 Å². The van der Waals surface area contributed by atoms with Gasteiger partial charge in [-0.3, -0.25) is 14.5 Å². The highest BCUT2D eigenvalue weighted by molar-refractivity contribution is 5.81. The summed E-state index contributed by atoms with van der Waals surface area (Å²) in [6.07, 6.45) is 3.52. The first-order valence-corrected chi connectivity index (χ1v) is 8.17. The summed E-state index contributed by atoms with van der Waals surface area (Å²) in [5, 5.41) is 0. The molecule has 5 nitrogen and oxygen atoms in total. The summed E-state index contributed by atoms with van der Waals surface area (Å²) in [4.78, 5) is 30.6. The molecule has 0 atom stereocenters. The van der Waals surface area contributed by atoms with Crippen LogP contribution in [0.25, 0.3) is 0 Å². The van der Waals surface area contributed by atoms with E-state index in [1.165, 1.54) is 6.42 Å². The van der Waals surface area contributed by atoms with Crippen molar-refractivity contribution in [3.63, 3.8) is 0 Å². The van der Waals surface area contributed by atoms with Crippen LogP contribution in [0.5, 0.6) is 0 Å². The van der Waals surface area contributed by atoms with Crippen LogP contribution in [0.4, 0.5) is 0 Å². The highest BCUT2D eigenvalue weighted by Gasteiger charge is 2.30. The summed E-state index contributed by atoms with van der Waals surface area (Å²) >= 11 is 0. The van der Waals surface area contributed by atoms with E-state index in [0.29, 0.717) is 6.54 Å². The Morgan fingerprint density at radius 2 is 1.38 bits per heavy atom. The Labute approximate surface area is 128 Å². The SMILES string of the molecule is CC(C)(C)C(=O)N1CCN(CC(=O)N2CCCCC2)CC1. The monoisotopic (exact) mass is 295 g/mol. The molecule has 2 fully saturated rings. The van der Waals surface area contributed by atoms with Gasteiger partial charge in [0.1, 0.15) is 0 Å². The highest BCUT2D eigenvalue weighted by atomic mass is 16.2. The van der Waals surface area contributed by atoms with E-state index in [1.54, 1.807) is 0 Å². The fourth-order valence-corrected chi connectivity index (χ4v) is 3.02. The van der Waals surface area contributed by atoms with Gasteiger partial charge >= 0.3 is 0 Å². The van der Waals surface area contributed by atoms with Crippen molar-refractivity contribution in [3.05, 3.63) is 0 Å². The van der Waals surface area contributed by atoms with Crippen molar-refractivity contribution in [2.45, 2.75) is 40.0 Å². The van der Waals surface area contributed by atoms with Crippen molar-refractivity contribution >= 4 is 11.8 Å². The molecule has 0 bridgehead atoms. The molecule has 2 aliphatic heterocycles. The van der Waals surface area contributed by atoms with Crippen molar-refractivity contribution in [1.82, 2.24) is 14.7 Å². The summed E-state index contributed by atoms with van der Waals surface area (Å²) < 4.78 is 0. The van der Waals surface area contributed by atoms with Gasteiger partial charge in [0.05, 0.1) is 6.54 Å². The third-order valence-corrected chi connectivity index (χ3v) is 4.37. The molecular formula is C16H29N3O2. The number of piperidine rings is 1. The van der Waals surface area contributed by atoms with E-state index >= 15 is 0 Å². The Morgan fingerprint density at radius 3 is 1.90 bits per heavy atom. The lowest BCUT2D eigenvalue weighted by molar-refractivity contribution is -0.141. The quantitative estimate of drug-likeness (QED) is 0.768. The Kier molecular flexibility index (Phi) is 5.25. The molecule has 0 aromatic heterocycles. The molecule has 2 saturated heterocycles. The van der Waals surface area contributed by atoms with Crippen LogP contribution in [0.15, 0.2) is 0 Å². The van der Waals surface area contributed by atoms with E-state index in [2.05, 4.69) is 4.90 Å². The largest absolute Gasteiger partial charge is 0.342 e. The molecule has 2 heterocycles. The van der Waals surface area contributed by atoms with Crippen molar-refractivity contribution < 1.29 is 9.59 Å². The fourth-order valence-electron chi connectivity index (χ4n) is 3.02. The summed E-state index contributed by atoms with van der Waals surface area (Å²) in [5.74, 6) is 0.467. The van der Waals surface area contributed by atoms with Crippen molar-refractivity contribution in [1.29, 1.82) is 0 Å². The van der Waals surface area contributed by atoms with E-state index in [4.69, 9.17) is 0 Å². The molecule has 0 unspecified atom stereocenters. The molecule has 2 amide bonds. The standard InChI is InChI=1S/C16H29N3O2/c1-16(2,3)15(21)19-11-9-17(10-12-19)13-14(20)18-7-5-4-6-8-18/h4-13H2,1-3H3. The zero-order valence-corrected chi connectivity index (χ0v) is 13.7. The summed E-state index contributed by atoms with van der Waals surface area (Å²) in [5.41, 5.74) is -0.314. The molecule has 120 valence electrons. The van der Waals surface area contributed by atoms with Crippen LogP contribution in [0.3, 0.4) is 0 Å². The lowest BCUT2D eigenvalue weighted by Gasteiger charge is -2.38. The molecule has 0 aromatic rings. The van der Waals surface area contributed by atoms with E-state index in [9.17, 15) is 9.59 Å². The first-order chi connectivity index (χ1) is 9.88. The van der Waals surface area contributed by atoms with Crippen molar-refractivity contribution in [3.8, 4) is 0 Å². The normalized spacial score (nSPS) is 21.5. The molecule has 5 heteroatoms. The van der Waals surface area contributed by atoms with Gasteiger partial charge in [0.25, 0.3) is 0 Å². The van der Waals surface area contributed by atoms with Gasteiger partial charge in [-0.05, 0) is 19.3 Å². The topological polar surface area (TPSA) is 43.9 Å². The Morgan fingerprint density at radius 1 is 0.810 bits per heavy atom. The molecule has 0 aromatic carbocycles. The van der Waals surface area contributed by atoms with Crippen LogP contribution in [0.1, 0.15) is 40.0 Å². The number of hydrogen-bond acceptors (Lipinski definition) is 3. The molecule has 0 N–H and O–H groups in total. The Balaban J connectivity index is 1.76. The Bertz CT molecular complexity index is 375. The average molecular weight is 295 g/mol. The maximum Gasteiger partial charge on any atom is 0.236 e. The second kappa shape index (κ2) is 6.77. The Hall–Kier alpha value is -1.10. The number of carbonyl (C=O) groups is 2. The predicted octanol–water partition coefficient (Wildman–Crippen LogP) is 1.19. The van der Waals surface area contributed by atoms with Gasteiger partial charge in [0.15, 0.2) is 0 Å². The van der Waals surface area contributed by atoms with E-state index < -0.39 is 0 Å². The minimum absolute atomic E-state index is 0.213. The molecule has 0 saturated carbocycles. The van der Waals surface area contributed by atoms with Crippen LogP contribution in [-0.4, -0.2) is 72.3 Å². The number of likely N-dealkylation sites (tertiary alicyclic amines) is 1. The molecule has 2 aliphatic rings. The summed E-state index contributed by atoms with van der Waals surface area (Å²) in [6, 6.07) is 0. The average Bonchev–Trinajstić information content (AvgIpc) is 2.47. The van der Waals surface area contributed by atoms with Crippen molar-refractivity contribution in [2.75, 3.05) is 45.8 Å². The van der Waals surface area contributed by atoms with Crippen LogP contribution < -0.4 is 0 Å². The minimum atomic E-state index is -0.314. The van der Waals surface area contributed by atoms with E-state index in [0.717, 1.165) is 52.1 Å². The molecule has 0 spiro atoms. The van der Waals surface area contributed by atoms with Gasteiger partial charge in [0, 0.05) is 44.7 Å². The molecule has 21 heavy (non-hydrogen) atoms. The fraction of sp³-hybridized carbons (Fsp3) is 0.875. The van der Waals surface area contributed by atoms with Crippen LogP contribution >= 0.6 is 0 Å². The molecular weight excluding hydrogens is 266 g/mol. The van der Waals surface area contributed by atoms with E-state index in [1.807, 2.05) is 30.6 Å². The lowest BCUT2D eigenvalue weighted by Crippen LogP contribution is -2.53. The van der Waals surface area contributed by atoms with Gasteiger partial charge in [-0.25, -0.2) is 0 Å².